The van der Waals surface area contributed by atoms with Gasteiger partial charge in [-0.3, -0.25) is 0 Å². The summed E-state index contributed by atoms with van der Waals surface area (Å²) in [6.45, 7) is 6.26. The summed E-state index contributed by atoms with van der Waals surface area (Å²) in [7, 11) is -3.48. The van der Waals surface area contributed by atoms with Crippen LogP contribution in [0.5, 0.6) is 0 Å². The second kappa shape index (κ2) is 7.07. The highest BCUT2D eigenvalue weighted by atomic mass is 79.9. The van der Waals surface area contributed by atoms with Crippen LogP contribution >= 0.6 is 27.5 Å². The van der Waals surface area contributed by atoms with Crippen molar-refractivity contribution >= 4 is 42.6 Å². The Hall–Kier alpha value is -1.03. The summed E-state index contributed by atoms with van der Waals surface area (Å²) < 4.78 is 32.1. The number of piperazine rings is 1. The Balaban J connectivity index is 1.71. The number of benzene rings is 1. The van der Waals surface area contributed by atoms with Gasteiger partial charge in [-0.15, -0.1) is 0 Å². The lowest BCUT2D eigenvalue weighted by Gasteiger charge is -2.33. The molecule has 24 heavy (non-hydrogen) atoms. The van der Waals surface area contributed by atoms with Crippen LogP contribution in [0.15, 0.2) is 33.6 Å². The average Bonchev–Trinajstić information content (AvgIpc) is 3.05. The number of anilines is 1. The molecule has 1 aromatic carbocycles. The highest BCUT2D eigenvalue weighted by Gasteiger charge is 2.30. The van der Waals surface area contributed by atoms with E-state index in [1.807, 2.05) is 6.07 Å². The van der Waals surface area contributed by atoms with Gasteiger partial charge in [-0.1, -0.05) is 26.0 Å². The van der Waals surface area contributed by atoms with Gasteiger partial charge in [-0.25, -0.2) is 13.4 Å². The van der Waals surface area contributed by atoms with E-state index in [0.717, 1.165) is 11.0 Å². The number of hydrogen-bond acceptors (Lipinski definition) is 6. The predicted molar refractivity (Wildman–Crippen MR) is 99.1 cm³/mol. The molecule has 130 valence electrons. The molecule has 0 aliphatic carbocycles. The summed E-state index contributed by atoms with van der Waals surface area (Å²) in [5, 5.41) is 0.872. The maximum atomic E-state index is 12.8. The Morgan fingerprint density at radius 2 is 1.83 bits per heavy atom. The van der Waals surface area contributed by atoms with Crippen LogP contribution in [0.1, 0.15) is 25.6 Å². The van der Waals surface area contributed by atoms with Gasteiger partial charge >= 0.3 is 0 Å². The molecule has 0 radical (unpaired) electrons. The Bertz CT molecular complexity index is 814. The summed E-state index contributed by atoms with van der Waals surface area (Å²) in [5.74, 6) is 1.14. The van der Waals surface area contributed by atoms with Gasteiger partial charge in [0.05, 0.1) is 4.90 Å². The average molecular weight is 431 g/mol. The number of aromatic nitrogens is 2. The Morgan fingerprint density at radius 1 is 1.17 bits per heavy atom. The lowest BCUT2D eigenvalue weighted by atomic mass is 10.2. The van der Waals surface area contributed by atoms with E-state index >= 15 is 0 Å². The predicted octanol–water partition coefficient (Wildman–Crippen LogP) is 2.93. The van der Waals surface area contributed by atoms with Crippen LogP contribution in [0.3, 0.4) is 0 Å². The van der Waals surface area contributed by atoms with Gasteiger partial charge in [0.1, 0.15) is 5.82 Å². The zero-order chi connectivity index (χ0) is 17.3. The first-order chi connectivity index (χ1) is 11.4. The largest absolute Gasteiger partial charge is 0.344 e. The van der Waals surface area contributed by atoms with Crippen molar-refractivity contribution in [1.82, 2.24) is 13.7 Å². The number of halogens is 1. The van der Waals surface area contributed by atoms with E-state index in [-0.39, 0.29) is 0 Å². The quantitative estimate of drug-likeness (QED) is 0.745. The summed E-state index contributed by atoms with van der Waals surface area (Å²) in [5.41, 5.74) is 0. The molecular formula is C15H19BrN4O2S2. The number of sulfonamides is 1. The molecule has 0 bridgehead atoms. The van der Waals surface area contributed by atoms with E-state index in [1.54, 1.807) is 18.2 Å². The van der Waals surface area contributed by atoms with E-state index in [9.17, 15) is 8.42 Å². The molecule has 0 N–H and O–H groups in total. The van der Waals surface area contributed by atoms with Crippen molar-refractivity contribution in [2.45, 2.75) is 24.7 Å². The van der Waals surface area contributed by atoms with Crippen molar-refractivity contribution in [3.05, 3.63) is 34.6 Å². The maximum absolute atomic E-state index is 12.8. The molecule has 0 saturated carbocycles. The zero-order valence-corrected chi connectivity index (χ0v) is 16.7. The van der Waals surface area contributed by atoms with Crippen molar-refractivity contribution in [1.29, 1.82) is 0 Å². The van der Waals surface area contributed by atoms with Gasteiger partial charge in [0.25, 0.3) is 0 Å². The zero-order valence-electron chi connectivity index (χ0n) is 13.5. The Labute approximate surface area is 154 Å². The summed E-state index contributed by atoms with van der Waals surface area (Å²) in [6.07, 6.45) is 0. The van der Waals surface area contributed by atoms with Crippen LogP contribution in [0, 0.1) is 0 Å². The van der Waals surface area contributed by atoms with Crippen molar-refractivity contribution in [2.24, 2.45) is 0 Å². The molecule has 9 heteroatoms. The lowest BCUT2D eigenvalue weighted by molar-refractivity contribution is 0.384. The normalized spacial score (nSPS) is 16.8. The van der Waals surface area contributed by atoms with E-state index in [1.165, 1.54) is 15.8 Å². The first kappa shape index (κ1) is 17.8. The first-order valence-corrected chi connectivity index (χ1v) is 10.7. The molecule has 0 atom stereocenters. The lowest BCUT2D eigenvalue weighted by Crippen LogP contribution is -2.48. The molecule has 2 aromatic rings. The molecule has 1 aliphatic rings. The van der Waals surface area contributed by atoms with Crippen LogP contribution in [-0.4, -0.2) is 48.3 Å². The molecule has 1 aromatic heterocycles. The SMILES string of the molecule is CC(C)c1nsc(N2CCN(S(=O)(=O)c3ccccc3Br)CC2)n1. The van der Waals surface area contributed by atoms with Crippen LogP contribution in [0.25, 0.3) is 0 Å². The molecule has 1 aliphatic heterocycles. The number of rotatable bonds is 4. The fourth-order valence-electron chi connectivity index (χ4n) is 2.50. The summed E-state index contributed by atoms with van der Waals surface area (Å²) in [4.78, 5) is 6.97. The van der Waals surface area contributed by atoms with Gasteiger partial charge in [0.2, 0.25) is 15.2 Å². The third-order valence-corrected chi connectivity index (χ3v) is 7.61. The van der Waals surface area contributed by atoms with E-state index in [2.05, 4.69) is 44.0 Å². The van der Waals surface area contributed by atoms with Crippen molar-refractivity contribution in [3.63, 3.8) is 0 Å². The third-order valence-electron chi connectivity index (χ3n) is 3.91. The molecule has 0 amide bonds. The topological polar surface area (TPSA) is 66.4 Å². The number of nitrogens with zero attached hydrogens (tertiary/aromatic N) is 4. The van der Waals surface area contributed by atoms with Crippen molar-refractivity contribution in [2.75, 3.05) is 31.1 Å². The second-order valence-corrected chi connectivity index (χ2v) is 9.40. The van der Waals surface area contributed by atoms with E-state index in [0.29, 0.717) is 41.5 Å². The minimum absolute atomic E-state index is 0.298. The number of hydrogen-bond donors (Lipinski definition) is 0. The standard InChI is InChI=1S/C15H19BrN4O2S2/c1-11(2)14-17-15(23-18-14)19-7-9-20(10-8-19)24(21,22)13-6-4-3-5-12(13)16/h3-6,11H,7-10H2,1-2H3. The molecule has 3 rings (SSSR count). The fraction of sp³-hybridized carbons (Fsp3) is 0.467. The van der Waals surface area contributed by atoms with E-state index < -0.39 is 10.0 Å². The monoisotopic (exact) mass is 430 g/mol. The molecule has 1 fully saturated rings. The molecule has 0 spiro atoms. The molecule has 1 saturated heterocycles. The van der Waals surface area contributed by atoms with Crippen LogP contribution < -0.4 is 4.90 Å². The van der Waals surface area contributed by atoms with Gasteiger partial charge in [0, 0.05) is 48.1 Å². The first-order valence-electron chi connectivity index (χ1n) is 7.73. The van der Waals surface area contributed by atoms with Gasteiger partial charge in [0.15, 0.2) is 0 Å². The molecule has 2 heterocycles. The smallest absolute Gasteiger partial charge is 0.244 e. The van der Waals surface area contributed by atoms with Gasteiger partial charge in [-0.2, -0.15) is 8.68 Å². The molecule has 0 unspecified atom stereocenters. The fourth-order valence-corrected chi connectivity index (χ4v) is 5.75. The second-order valence-electron chi connectivity index (χ2n) is 5.91. The van der Waals surface area contributed by atoms with Gasteiger partial charge < -0.3 is 4.90 Å². The van der Waals surface area contributed by atoms with Gasteiger partial charge in [-0.05, 0) is 28.1 Å². The summed E-state index contributed by atoms with van der Waals surface area (Å²) >= 11 is 4.71. The Morgan fingerprint density at radius 3 is 2.42 bits per heavy atom. The van der Waals surface area contributed by atoms with Crippen molar-refractivity contribution < 1.29 is 8.42 Å². The van der Waals surface area contributed by atoms with E-state index in [4.69, 9.17) is 0 Å². The third kappa shape index (κ3) is 3.49. The van der Waals surface area contributed by atoms with Crippen LogP contribution in [0.4, 0.5) is 5.13 Å². The minimum atomic E-state index is -3.48. The van der Waals surface area contributed by atoms with Crippen LogP contribution in [0.2, 0.25) is 0 Å². The summed E-state index contributed by atoms with van der Waals surface area (Å²) in [6, 6.07) is 6.93. The molecular weight excluding hydrogens is 412 g/mol. The highest BCUT2D eigenvalue weighted by molar-refractivity contribution is 9.10. The van der Waals surface area contributed by atoms with Crippen molar-refractivity contribution in [3.8, 4) is 0 Å². The minimum Gasteiger partial charge on any atom is -0.344 e. The maximum Gasteiger partial charge on any atom is 0.244 e. The van der Waals surface area contributed by atoms with Crippen LogP contribution in [-0.2, 0) is 10.0 Å². The Kier molecular flexibility index (Phi) is 5.24. The highest BCUT2D eigenvalue weighted by Crippen LogP contribution is 2.27. The molecule has 6 nitrogen and oxygen atoms in total.